The van der Waals surface area contributed by atoms with Crippen molar-refractivity contribution in [2.24, 2.45) is 0 Å². The highest BCUT2D eigenvalue weighted by Crippen LogP contribution is 2.20. The Labute approximate surface area is 88.1 Å². The number of aromatic nitrogens is 1. The highest BCUT2D eigenvalue weighted by Gasteiger charge is 2.14. The van der Waals surface area contributed by atoms with Crippen LogP contribution in [0.15, 0.2) is 0 Å². The van der Waals surface area contributed by atoms with Gasteiger partial charge in [0.05, 0.1) is 17.8 Å². The summed E-state index contributed by atoms with van der Waals surface area (Å²) in [6.07, 6.45) is 3.22. The number of rotatable bonds is 4. The lowest BCUT2D eigenvalue weighted by atomic mass is 10.3. The largest absolute Gasteiger partial charge is 0.465 e. The van der Waals surface area contributed by atoms with Gasteiger partial charge in [-0.05, 0) is 19.8 Å². The third-order valence-electron chi connectivity index (χ3n) is 1.96. The zero-order valence-corrected chi connectivity index (χ0v) is 9.61. The quantitative estimate of drug-likeness (QED) is 0.722. The molecule has 0 amide bonds. The van der Waals surface area contributed by atoms with E-state index in [-0.39, 0.29) is 5.97 Å². The molecule has 78 valence electrons. The van der Waals surface area contributed by atoms with Crippen molar-refractivity contribution in [2.45, 2.75) is 33.1 Å². The number of unbranched alkanes of at least 4 members (excludes halogenated alkanes) is 1. The number of ether oxygens (including phenoxy) is 1. The van der Waals surface area contributed by atoms with Gasteiger partial charge in [0.1, 0.15) is 4.88 Å². The first kappa shape index (κ1) is 11.2. The van der Waals surface area contributed by atoms with Gasteiger partial charge in [-0.3, -0.25) is 0 Å². The molecule has 0 radical (unpaired) electrons. The van der Waals surface area contributed by atoms with Gasteiger partial charge in [-0.2, -0.15) is 0 Å². The Morgan fingerprint density at radius 3 is 2.86 bits per heavy atom. The summed E-state index contributed by atoms with van der Waals surface area (Å²) in [5.41, 5.74) is 0.785. The monoisotopic (exact) mass is 213 g/mol. The summed E-state index contributed by atoms with van der Waals surface area (Å²) >= 11 is 1.45. The van der Waals surface area contributed by atoms with E-state index in [2.05, 4.69) is 16.6 Å². The molecule has 0 spiro atoms. The van der Waals surface area contributed by atoms with Gasteiger partial charge in [0.15, 0.2) is 0 Å². The highest BCUT2D eigenvalue weighted by molar-refractivity contribution is 7.13. The predicted molar refractivity (Wildman–Crippen MR) is 56.8 cm³/mol. The van der Waals surface area contributed by atoms with Gasteiger partial charge in [0.25, 0.3) is 0 Å². The number of aryl methyl sites for hydroxylation is 2. The van der Waals surface area contributed by atoms with Crippen LogP contribution < -0.4 is 0 Å². The van der Waals surface area contributed by atoms with Gasteiger partial charge >= 0.3 is 5.97 Å². The third-order valence-corrected chi connectivity index (χ3v) is 3.15. The van der Waals surface area contributed by atoms with Crippen LogP contribution in [0.5, 0.6) is 0 Å². The van der Waals surface area contributed by atoms with E-state index in [0.717, 1.165) is 30.0 Å². The van der Waals surface area contributed by atoms with Crippen molar-refractivity contribution in [2.75, 3.05) is 7.11 Å². The van der Waals surface area contributed by atoms with Gasteiger partial charge in [-0.1, -0.05) is 13.3 Å². The van der Waals surface area contributed by atoms with E-state index in [9.17, 15) is 4.79 Å². The molecular formula is C10H15NO2S. The van der Waals surface area contributed by atoms with E-state index >= 15 is 0 Å². The molecule has 0 aliphatic carbocycles. The molecule has 0 saturated heterocycles. The second-order valence-electron chi connectivity index (χ2n) is 3.12. The van der Waals surface area contributed by atoms with E-state index in [1.54, 1.807) is 0 Å². The van der Waals surface area contributed by atoms with Gasteiger partial charge in [-0.15, -0.1) is 11.3 Å². The maximum Gasteiger partial charge on any atom is 0.349 e. The summed E-state index contributed by atoms with van der Waals surface area (Å²) in [7, 11) is 1.40. The zero-order chi connectivity index (χ0) is 10.6. The van der Waals surface area contributed by atoms with Crippen molar-refractivity contribution in [1.82, 2.24) is 4.98 Å². The van der Waals surface area contributed by atoms with Crippen LogP contribution in [-0.4, -0.2) is 18.1 Å². The van der Waals surface area contributed by atoms with Crippen molar-refractivity contribution in [3.63, 3.8) is 0 Å². The van der Waals surface area contributed by atoms with E-state index < -0.39 is 0 Å². The lowest BCUT2D eigenvalue weighted by molar-refractivity contribution is 0.0605. The molecule has 0 aliphatic rings. The standard InChI is InChI=1S/C10H15NO2S/c1-4-5-6-8-11-7(2)9(14-8)10(12)13-3/h4-6H2,1-3H3. The number of carbonyl (C=O) groups excluding carboxylic acids is 1. The molecule has 1 aromatic heterocycles. The number of thiazole rings is 1. The van der Waals surface area contributed by atoms with Crippen LogP contribution in [0, 0.1) is 6.92 Å². The van der Waals surface area contributed by atoms with Gasteiger partial charge in [-0.25, -0.2) is 9.78 Å². The van der Waals surface area contributed by atoms with E-state index in [0.29, 0.717) is 4.88 Å². The third kappa shape index (κ3) is 2.54. The molecule has 4 heteroatoms. The number of hydrogen-bond donors (Lipinski definition) is 0. The topological polar surface area (TPSA) is 39.2 Å². The van der Waals surface area contributed by atoms with Gasteiger partial charge in [0.2, 0.25) is 0 Å². The molecule has 0 bridgehead atoms. The molecule has 0 unspecified atom stereocenters. The fourth-order valence-corrected chi connectivity index (χ4v) is 2.19. The molecule has 0 aromatic carbocycles. The first-order chi connectivity index (χ1) is 6.69. The Morgan fingerprint density at radius 1 is 1.57 bits per heavy atom. The summed E-state index contributed by atoms with van der Waals surface area (Å²) in [6.45, 7) is 3.99. The number of carbonyl (C=O) groups is 1. The number of hydrogen-bond acceptors (Lipinski definition) is 4. The molecule has 0 atom stereocenters. The van der Waals surface area contributed by atoms with Crippen molar-refractivity contribution < 1.29 is 9.53 Å². The Hall–Kier alpha value is -0.900. The van der Waals surface area contributed by atoms with Crippen molar-refractivity contribution in [3.8, 4) is 0 Å². The van der Waals surface area contributed by atoms with Gasteiger partial charge < -0.3 is 4.74 Å². The number of methoxy groups -OCH3 is 1. The summed E-state index contributed by atoms with van der Waals surface area (Å²) in [5.74, 6) is -0.275. The second kappa shape index (κ2) is 5.10. The molecule has 0 fully saturated rings. The minimum atomic E-state index is -0.275. The van der Waals surface area contributed by atoms with Crippen molar-refractivity contribution in [1.29, 1.82) is 0 Å². The molecular weight excluding hydrogens is 198 g/mol. The number of nitrogens with zero attached hydrogens (tertiary/aromatic N) is 1. The fraction of sp³-hybridized carbons (Fsp3) is 0.600. The van der Waals surface area contributed by atoms with Crippen LogP contribution in [0.1, 0.15) is 40.1 Å². The summed E-state index contributed by atoms with van der Waals surface area (Å²) in [6, 6.07) is 0. The minimum absolute atomic E-state index is 0.275. The lowest BCUT2D eigenvalue weighted by Crippen LogP contribution is -1.99. The van der Waals surface area contributed by atoms with E-state index in [1.807, 2.05) is 6.92 Å². The average molecular weight is 213 g/mol. The Bertz CT molecular complexity index is 320. The van der Waals surface area contributed by atoms with Crippen LogP contribution in [0.2, 0.25) is 0 Å². The summed E-state index contributed by atoms with van der Waals surface area (Å²) in [5, 5.41) is 1.03. The smallest absolute Gasteiger partial charge is 0.349 e. The first-order valence-electron chi connectivity index (χ1n) is 4.73. The van der Waals surface area contributed by atoms with E-state index in [1.165, 1.54) is 18.4 Å². The van der Waals surface area contributed by atoms with Crippen molar-refractivity contribution in [3.05, 3.63) is 15.6 Å². The van der Waals surface area contributed by atoms with Crippen LogP contribution in [0.25, 0.3) is 0 Å². The van der Waals surface area contributed by atoms with Crippen LogP contribution in [-0.2, 0) is 11.2 Å². The molecule has 0 aliphatic heterocycles. The second-order valence-corrected chi connectivity index (χ2v) is 4.20. The molecule has 3 nitrogen and oxygen atoms in total. The summed E-state index contributed by atoms with van der Waals surface area (Å²) in [4.78, 5) is 16.2. The first-order valence-corrected chi connectivity index (χ1v) is 5.55. The van der Waals surface area contributed by atoms with Crippen LogP contribution in [0.4, 0.5) is 0 Å². The fourth-order valence-electron chi connectivity index (χ4n) is 1.17. The Morgan fingerprint density at radius 2 is 2.29 bits per heavy atom. The molecule has 0 saturated carbocycles. The predicted octanol–water partition coefficient (Wildman–Crippen LogP) is 2.58. The average Bonchev–Trinajstić information content (AvgIpc) is 2.55. The highest BCUT2D eigenvalue weighted by atomic mass is 32.1. The molecule has 14 heavy (non-hydrogen) atoms. The summed E-state index contributed by atoms with van der Waals surface area (Å²) < 4.78 is 4.67. The number of esters is 1. The SMILES string of the molecule is CCCCc1nc(C)c(C(=O)OC)s1. The maximum atomic E-state index is 11.3. The normalized spacial score (nSPS) is 10.2. The molecule has 1 rings (SSSR count). The minimum Gasteiger partial charge on any atom is -0.465 e. The van der Waals surface area contributed by atoms with Gasteiger partial charge in [0, 0.05) is 0 Å². The lowest BCUT2D eigenvalue weighted by Gasteiger charge is -1.93. The van der Waals surface area contributed by atoms with Crippen LogP contribution >= 0.6 is 11.3 Å². The molecule has 0 N–H and O–H groups in total. The molecule has 1 heterocycles. The zero-order valence-electron chi connectivity index (χ0n) is 8.79. The Balaban J connectivity index is 2.77. The maximum absolute atomic E-state index is 11.3. The van der Waals surface area contributed by atoms with E-state index in [4.69, 9.17) is 0 Å². The van der Waals surface area contributed by atoms with Crippen molar-refractivity contribution >= 4 is 17.3 Å². The molecule has 1 aromatic rings. The van der Waals surface area contributed by atoms with Crippen LogP contribution in [0.3, 0.4) is 0 Å². The Kier molecular flexibility index (Phi) is 4.07.